The molecule has 0 fully saturated rings. The van der Waals surface area contributed by atoms with E-state index >= 15 is 0 Å². The SMILES string of the molecule is CCO[n+]1ccncc1.FC(F)(F)c1cc([B-](c2cc(C(F)(F)F)cc(C(F)(F)F)c2)(c2cc(C(F)(F)F)cc(C(F)(F)F)c2)c2cc(C(F)(F)F)cc(C(F)(F)F)c2)cc(C(F)(F)F)c1. The third kappa shape index (κ3) is 12.1. The molecule has 0 atom stereocenters. The molecule has 0 saturated heterocycles. The van der Waals surface area contributed by atoms with Crippen LogP contribution >= 0.6 is 0 Å². The molecule has 3 nitrogen and oxygen atoms in total. The normalized spacial score (nSPS) is 13.6. The number of halogens is 24. The summed E-state index contributed by atoms with van der Waals surface area (Å²) in [6.45, 7) is 2.61. The van der Waals surface area contributed by atoms with Gasteiger partial charge in [0, 0.05) is 4.73 Å². The first kappa shape index (κ1) is 52.8. The van der Waals surface area contributed by atoms with Gasteiger partial charge in [-0.15, -0.1) is 0 Å². The molecule has 5 rings (SSSR count). The van der Waals surface area contributed by atoms with Crippen molar-refractivity contribution in [3.63, 3.8) is 0 Å². The number of aromatic nitrogens is 2. The number of hydrogen-bond acceptors (Lipinski definition) is 2. The molecular formula is C38H21BF24N2O. The Bertz CT molecular complexity index is 2060. The van der Waals surface area contributed by atoms with Crippen LogP contribution in [0.15, 0.2) is 97.6 Å². The molecule has 28 heteroatoms. The largest absolute Gasteiger partial charge is 0.416 e. The number of alkyl halides is 24. The summed E-state index contributed by atoms with van der Waals surface area (Å²) in [4.78, 5) is 8.91. The first-order valence-electron chi connectivity index (χ1n) is 17.5. The highest BCUT2D eigenvalue weighted by Gasteiger charge is 2.47. The van der Waals surface area contributed by atoms with Crippen LogP contribution in [0.5, 0.6) is 0 Å². The van der Waals surface area contributed by atoms with Crippen LogP contribution in [0.3, 0.4) is 0 Å². The van der Waals surface area contributed by atoms with Crippen LogP contribution in [0, 0.1) is 0 Å². The number of benzene rings is 4. The fraction of sp³-hybridized carbons (Fsp3) is 0.263. The molecule has 0 bridgehead atoms. The van der Waals surface area contributed by atoms with Crippen LogP contribution in [-0.4, -0.2) is 17.7 Å². The van der Waals surface area contributed by atoms with E-state index in [1.807, 2.05) is 6.92 Å². The van der Waals surface area contributed by atoms with Gasteiger partial charge in [-0.1, -0.05) is 48.5 Å². The van der Waals surface area contributed by atoms with E-state index in [1.54, 1.807) is 29.5 Å². The van der Waals surface area contributed by atoms with Gasteiger partial charge in [-0.2, -0.15) is 127 Å². The lowest BCUT2D eigenvalue weighted by Gasteiger charge is -2.46. The zero-order chi connectivity index (χ0) is 50.4. The standard InChI is InChI=1S/C32H12BF24.C6H9N2O/c34-25(35,36)13-1-14(26(37,38)39)6-21(5-13)33(22-7-15(27(40,41)42)2-16(8-22)28(43,44)45,23-9-17(29(46,47)48)3-18(10-23)30(49,50)51)24-11-19(31(52,53)54)4-20(12-24)32(55,56)57;1-2-9-8-5-3-7-4-6-8/h1-12H;3-6H,2H2,1H3/q-1;+1. The molecule has 0 radical (unpaired) electrons. The predicted molar refractivity (Wildman–Crippen MR) is 182 cm³/mol. The average Bonchev–Trinajstić information content (AvgIpc) is 3.16. The van der Waals surface area contributed by atoms with Crippen LogP contribution in [0.25, 0.3) is 0 Å². The van der Waals surface area contributed by atoms with Gasteiger partial charge < -0.3 is 0 Å². The van der Waals surface area contributed by atoms with Crippen molar-refractivity contribution >= 4 is 28.0 Å². The van der Waals surface area contributed by atoms with Crippen LogP contribution in [0.4, 0.5) is 105 Å². The highest BCUT2D eigenvalue weighted by atomic mass is 19.4. The minimum atomic E-state index is -6.13. The van der Waals surface area contributed by atoms with E-state index in [2.05, 4.69) is 4.98 Å². The van der Waals surface area contributed by atoms with Crippen molar-refractivity contribution < 1.29 is 115 Å². The van der Waals surface area contributed by atoms with Gasteiger partial charge >= 0.3 is 49.4 Å². The summed E-state index contributed by atoms with van der Waals surface area (Å²) in [5, 5.41) is 0. The summed E-state index contributed by atoms with van der Waals surface area (Å²) in [7, 11) is 0. The maximum absolute atomic E-state index is 14.2. The van der Waals surface area contributed by atoms with Gasteiger partial charge in [0.05, 0.1) is 56.9 Å². The van der Waals surface area contributed by atoms with Crippen LogP contribution < -0.4 is 31.4 Å². The number of rotatable bonds is 6. The average molecular weight is 988 g/mol. The van der Waals surface area contributed by atoms with Gasteiger partial charge in [-0.05, 0) is 31.2 Å². The lowest BCUT2D eigenvalue weighted by atomic mass is 9.12. The first-order valence-corrected chi connectivity index (χ1v) is 17.5. The number of nitrogens with zero attached hydrogens (tertiary/aromatic N) is 2. The number of hydrogen-bond donors (Lipinski definition) is 0. The monoisotopic (exact) mass is 988 g/mol. The topological polar surface area (TPSA) is 26.0 Å². The summed E-state index contributed by atoms with van der Waals surface area (Å²) in [5.74, 6) is 0. The molecule has 0 amide bonds. The van der Waals surface area contributed by atoms with E-state index in [-0.39, 0.29) is 0 Å². The molecule has 0 unspecified atom stereocenters. The van der Waals surface area contributed by atoms with Gasteiger partial charge in [0.25, 0.3) is 0 Å². The summed E-state index contributed by atoms with van der Waals surface area (Å²) >= 11 is 0. The zero-order valence-corrected chi connectivity index (χ0v) is 31.9. The summed E-state index contributed by atoms with van der Waals surface area (Å²) < 4.78 is 342. The molecule has 66 heavy (non-hydrogen) atoms. The summed E-state index contributed by atoms with van der Waals surface area (Å²) in [6, 6.07) is -8.81. The zero-order valence-electron chi connectivity index (χ0n) is 31.9. The van der Waals surface area contributed by atoms with Crippen molar-refractivity contribution in [2.24, 2.45) is 0 Å². The third-order valence-corrected chi connectivity index (χ3v) is 9.32. The second-order valence-corrected chi connectivity index (χ2v) is 13.7. The fourth-order valence-electron chi connectivity index (χ4n) is 6.61. The Morgan fingerprint density at radius 3 is 0.682 bits per heavy atom. The van der Waals surface area contributed by atoms with E-state index in [1.165, 1.54) is 0 Å². The lowest BCUT2D eigenvalue weighted by molar-refractivity contribution is -0.891. The summed E-state index contributed by atoms with van der Waals surface area (Å²) in [6.07, 6.45) is -47.9. The molecular weight excluding hydrogens is 967 g/mol. The second-order valence-electron chi connectivity index (χ2n) is 13.7. The Hall–Kier alpha value is -5.86. The highest BCUT2D eigenvalue weighted by molar-refractivity contribution is 7.20. The molecule has 5 aromatic rings. The Morgan fingerprint density at radius 1 is 0.348 bits per heavy atom. The van der Waals surface area contributed by atoms with Crippen LogP contribution in [-0.2, 0) is 49.4 Å². The summed E-state index contributed by atoms with van der Waals surface area (Å²) in [5.41, 5.74) is -30.2. The Labute approximate surface area is 353 Å². The molecule has 360 valence electrons. The van der Waals surface area contributed by atoms with Crippen molar-refractivity contribution in [3.05, 3.63) is 142 Å². The molecule has 1 aromatic heterocycles. The molecule has 4 aromatic carbocycles. The van der Waals surface area contributed by atoms with Crippen LogP contribution in [0.2, 0.25) is 0 Å². The van der Waals surface area contributed by atoms with E-state index < -0.39 is 195 Å². The Kier molecular flexibility index (Phi) is 14.2. The fourth-order valence-corrected chi connectivity index (χ4v) is 6.61. The molecule has 0 saturated carbocycles. The minimum absolute atomic E-state index is 0.675. The molecule has 0 aliphatic rings. The predicted octanol–water partition coefficient (Wildman–Crippen LogP) is 11.0. The van der Waals surface area contributed by atoms with E-state index in [0.717, 1.165) is 0 Å². The van der Waals surface area contributed by atoms with Crippen molar-refractivity contribution in [1.29, 1.82) is 0 Å². The van der Waals surface area contributed by atoms with Gasteiger partial charge in [0.15, 0.2) is 6.61 Å². The third-order valence-electron chi connectivity index (χ3n) is 9.32. The van der Waals surface area contributed by atoms with E-state index in [4.69, 9.17) is 4.84 Å². The Morgan fingerprint density at radius 2 is 0.530 bits per heavy atom. The van der Waals surface area contributed by atoms with Crippen molar-refractivity contribution in [1.82, 2.24) is 4.98 Å². The maximum atomic E-state index is 14.2. The highest BCUT2D eigenvalue weighted by Crippen LogP contribution is 2.41. The smallest absolute Gasteiger partial charge is 0.272 e. The van der Waals surface area contributed by atoms with Gasteiger partial charge in [0.2, 0.25) is 12.4 Å². The molecule has 0 aliphatic carbocycles. The van der Waals surface area contributed by atoms with Gasteiger partial charge in [-0.25, -0.2) is 0 Å². The molecule has 1 heterocycles. The lowest BCUT2D eigenvalue weighted by Crippen LogP contribution is -2.75. The minimum Gasteiger partial charge on any atom is -0.272 e. The van der Waals surface area contributed by atoms with Crippen molar-refractivity contribution in [2.45, 2.75) is 56.3 Å². The molecule has 0 spiro atoms. The van der Waals surface area contributed by atoms with E-state index in [0.29, 0.717) is 6.61 Å². The van der Waals surface area contributed by atoms with Crippen LogP contribution in [0.1, 0.15) is 51.4 Å². The second kappa shape index (κ2) is 17.7. The maximum Gasteiger partial charge on any atom is 0.416 e. The van der Waals surface area contributed by atoms with Gasteiger partial charge in [-0.3, -0.25) is 9.82 Å². The molecule has 0 N–H and O–H groups in total. The van der Waals surface area contributed by atoms with Crippen molar-refractivity contribution in [2.75, 3.05) is 6.61 Å². The Balaban J connectivity index is 0.000000942. The van der Waals surface area contributed by atoms with Gasteiger partial charge in [0.1, 0.15) is 6.15 Å². The van der Waals surface area contributed by atoms with E-state index in [9.17, 15) is 105 Å². The first-order chi connectivity index (χ1) is 29.7. The molecule has 0 aliphatic heterocycles. The van der Waals surface area contributed by atoms with Crippen molar-refractivity contribution in [3.8, 4) is 0 Å². The quantitative estimate of drug-likeness (QED) is 0.0963.